The van der Waals surface area contributed by atoms with Crippen LogP contribution in [-0.4, -0.2) is 24.5 Å². The summed E-state index contributed by atoms with van der Waals surface area (Å²) >= 11 is 0. The van der Waals surface area contributed by atoms with Gasteiger partial charge >= 0.3 is 0 Å². The van der Waals surface area contributed by atoms with Crippen LogP contribution in [0.15, 0.2) is 60.4 Å². The van der Waals surface area contributed by atoms with Gasteiger partial charge in [0.1, 0.15) is 23.5 Å². The highest BCUT2D eigenvalue weighted by Gasteiger charge is 2.13. The number of benzene rings is 1. The highest BCUT2D eigenvalue weighted by atomic mass is 16.5. The first kappa shape index (κ1) is 17.7. The van der Waals surface area contributed by atoms with Crippen LogP contribution in [-0.2, 0) is 13.7 Å². The van der Waals surface area contributed by atoms with Crippen LogP contribution in [0.1, 0.15) is 18.1 Å². The lowest BCUT2D eigenvalue weighted by Crippen LogP contribution is -2.12. The van der Waals surface area contributed by atoms with E-state index in [0.29, 0.717) is 22.3 Å². The summed E-state index contributed by atoms with van der Waals surface area (Å²) in [4.78, 5) is 28.4. The fraction of sp³-hybridized carbons (Fsp3) is 0.143. The standard InChI is InChI=1S/C21H19N5O2/c1-13(2)15-6-4-5-14(9-15)11-28-21-24-18-16(20(27)25-21)7-8-22-19(18)17-10-26(3)12-23-17/h4-10,12H,1,11H2,2-3H3,(H,24,25,27). The van der Waals surface area contributed by atoms with E-state index in [1.165, 1.54) is 0 Å². The van der Waals surface area contributed by atoms with E-state index in [0.717, 1.165) is 16.7 Å². The molecule has 0 atom stereocenters. The molecular weight excluding hydrogens is 354 g/mol. The van der Waals surface area contributed by atoms with E-state index in [1.54, 1.807) is 18.6 Å². The predicted octanol–water partition coefficient (Wildman–Crippen LogP) is 3.33. The van der Waals surface area contributed by atoms with Gasteiger partial charge in [-0.25, -0.2) is 4.98 Å². The Morgan fingerprint density at radius 3 is 2.89 bits per heavy atom. The van der Waals surface area contributed by atoms with E-state index < -0.39 is 0 Å². The lowest BCUT2D eigenvalue weighted by Gasteiger charge is -2.08. The molecule has 0 spiro atoms. The van der Waals surface area contributed by atoms with Gasteiger partial charge in [-0.2, -0.15) is 4.98 Å². The van der Waals surface area contributed by atoms with Crippen LogP contribution < -0.4 is 10.3 Å². The van der Waals surface area contributed by atoms with E-state index >= 15 is 0 Å². The maximum absolute atomic E-state index is 12.5. The van der Waals surface area contributed by atoms with Gasteiger partial charge in [-0.1, -0.05) is 30.4 Å². The minimum absolute atomic E-state index is 0.142. The number of aryl methyl sites for hydroxylation is 1. The first-order valence-electron chi connectivity index (χ1n) is 8.76. The molecule has 0 radical (unpaired) electrons. The molecule has 0 unspecified atom stereocenters. The third kappa shape index (κ3) is 3.42. The Balaban J connectivity index is 1.70. The zero-order valence-corrected chi connectivity index (χ0v) is 15.6. The van der Waals surface area contributed by atoms with Crippen molar-refractivity contribution in [3.63, 3.8) is 0 Å². The monoisotopic (exact) mass is 373 g/mol. The molecule has 7 heteroatoms. The summed E-state index contributed by atoms with van der Waals surface area (Å²) in [5.74, 6) is 0. The van der Waals surface area contributed by atoms with Crippen molar-refractivity contribution in [2.24, 2.45) is 7.05 Å². The summed E-state index contributed by atoms with van der Waals surface area (Å²) in [5, 5.41) is 0.437. The first-order valence-corrected chi connectivity index (χ1v) is 8.76. The average Bonchev–Trinajstić information content (AvgIpc) is 3.12. The van der Waals surface area contributed by atoms with Gasteiger partial charge in [-0.3, -0.25) is 14.8 Å². The van der Waals surface area contributed by atoms with Crippen molar-refractivity contribution in [2.45, 2.75) is 13.5 Å². The largest absolute Gasteiger partial charge is 0.460 e. The Bertz CT molecular complexity index is 1240. The van der Waals surface area contributed by atoms with Crippen LogP contribution in [0.4, 0.5) is 0 Å². The summed E-state index contributed by atoms with van der Waals surface area (Å²) in [6.07, 6.45) is 5.08. The minimum Gasteiger partial charge on any atom is -0.460 e. The van der Waals surface area contributed by atoms with E-state index in [-0.39, 0.29) is 18.2 Å². The smallest absolute Gasteiger partial charge is 0.297 e. The minimum atomic E-state index is -0.282. The molecule has 0 aliphatic rings. The average molecular weight is 373 g/mol. The maximum Gasteiger partial charge on any atom is 0.297 e. The van der Waals surface area contributed by atoms with Gasteiger partial charge in [0.25, 0.3) is 11.6 Å². The molecule has 0 amide bonds. The zero-order chi connectivity index (χ0) is 19.7. The SMILES string of the molecule is C=C(C)c1cccc(COc2nc3c(-c4cn(C)cn4)nccc3c(=O)[nH]2)c1. The zero-order valence-electron chi connectivity index (χ0n) is 15.6. The number of pyridine rings is 1. The number of imidazole rings is 1. The molecule has 1 N–H and O–H groups in total. The first-order chi connectivity index (χ1) is 13.5. The molecule has 140 valence electrons. The molecule has 0 bridgehead atoms. The number of aromatic nitrogens is 5. The number of allylic oxidation sites excluding steroid dienone is 1. The molecule has 0 saturated heterocycles. The van der Waals surface area contributed by atoms with Gasteiger partial charge in [0.2, 0.25) is 0 Å². The predicted molar refractivity (Wildman–Crippen MR) is 108 cm³/mol. The summed E-state index contributed by atoms with van der Waals surface area (Å²) in [6, 6.07) is 9.67. The molecule has 1 aromatic carbocycles. The fourth-order valence-corrected chi connectivity index (χ4v) is 2.91. The van der Waals surface area contributed by atoms with E-state index in [4.69, 9.17) is 4.74 Å². The molecule has 4 aromatic rings. The van der Waals surface area contributed by atoms with Crippen molar-refractivity contribution in [3.8, 4) is 17.4 Å². The number of fused-ring (bicyclic) bond motifs is 1. The molecule has 0 aliphatic carbocycles. The Hall–Kier alpha value is -3.74. The quantitative estimate of drug-likeness (QED) is 0.580. The van der Waals surface area contributed by atoms with E-state index in [2.05, 4.69) is 26.5 Å². The molecule has 4 rings (SSSR count). The molecule has 0 aliphatic heterocycles. The summed E-state index contributed by atoms with van der Waals surface area (Å²) in [7, 11) is 1.87. The van der Waals surface area contributed by atoms with Gasteiger partial charge < -0.3 is 9.30 Å². The number of hydrogen-bond donors (Lipinski definition) is 1. The van der Waals surface area contributed by atoms with Crippen molar-refractivity contribution < 1.29 is 4.74 Å². The molecule has 0 saturated carbocycles. The summed E-state index contributed by atoms with van der Waals surface area (Å²) in [5.41, 5.74) is 4.34. The van der Waals surface area contributed by atoms with E-state index in [1.807, 2.05) is 49.0 Å². The molecule has 3 aromatic heterocycles. The van der Waals surface area contributed by atoms with Gasteiger partial charge in [0.15, 0.2) is 0 Å². The molecule has 3 heterocycles. The number of aromatic amines is 1. The number of nitrogens with one attached hydrogen (secondary N) is 1. The highest BCUT2D eigenvalue weighted by Crippen LogP contribution is 2.23. The van der Waals surface area contributed by atoms with Crippen LogP contribution >= 0.6 is 0 Å². The van der Waals surface area contributed by atoms with Crippen LogP contribution in [0, 0.1) is 0 Å². The van der Waals surface area contributed by atoms with E-state index in [9.17, 15) is 4.79 Å². The Morgan fingerprint density at radius 1 is 1.29 bits per heavy atom. The molecule has 0 fully saturated rings. The van der Waals surface area contributed by atoms with Crippen LogP contribution in [0.25, 0.3) is 27.9 Å². The molecule has 7 nitrogen and oxygen atoms in total. The van der Waals surface area contributed by atoms with Gasteiger partial charge in [0, 0.05) is 19.4 Å². The van der Waals surface area contributed by atoms with Crippen molar-refractivity contribution in [3.05, 3.63) is 77.1 Å². The van der Waals surface area contributed by atoms with Crippen LogP contribution in [0.2, 0.25) is 0 Å². The Kier molecular flexibility index (Phi) is 4.49. The van der Waals surface area contributed by atoms with Crippen molar-refractivity contribution in [1.29, 1.82) is 0 Å². The Labute approximate surface area is 161 Å². The van der Waals surface area contributed by atoms with Crippen molar-refractivity contribution in [1.82, 2.24) is 24.5 Å². The van der Waals surface area contributed by atoms with Crippen LogP contribution in [0.5, 0.6) is 6.01 Å². The highest BCUT2D eigenvalue weighted by molar-refractivity contribution is 5.89. The normalized spacial score (nSPS) is 10.9. The summed E-state index contributed by atoms with van der Waals surface area (Å²) < 4.78 is 7.58. The number of rotatable bonds is 5. The number of ether oxygens (including phenoxy) is 1. The lowest BCUT2D eigenvalue weighted by atomic mass is 10.1. The van der Waals surface area contributed by atoms with Crippen LogP contribution in [0.3, 0.4) is 0 Å². The maximum atomic E-state index is 12.5. The number of hydrogen-bond acceptors (Lipinski definition) is 5. The third-order valence-corrected chi connectivity index (χ3v) is 4.35. The molecular formula is C21H19N5O2. The van der Waals surface area contributed by atoms with Gasteiger partial charge in [0.05, 0.1) is 11.7 Å². The topological polar surface area (TPSA) is 85.7 Å². The Morgan fingerprint density at radius 2 is 2.14 bits per heavy atom. The second-order valence-electron chi connectivity index (χ2n) is 6.62. The molecule has 28 heavy (non-hydrogen) atoms. The lowest BCUT2D eigenvalue weighted by molar-refractivity contribution is 0.281. The van der Waals surface area contributed by atoms with Gasteiger partial charge in [-0.15, -0.1) is 0 Å². The van der Waals surface area contributed by atoms with Crippen molar-refractivity contribution >= 4 is 16.5 Å². The second-order valence-corrected chi connectivity index (χ2v) is 6.62. The van der Waals surface area contributed by atoms with Crippen molar-refractivity contribution in [2.75, 3.05) is 0 Å². The summed E-state index contributed by atoms with van der Waals surface area (Å²) in [6.45, 7) is 6.18. The number of nitrogens with zero attached hydrogens (tertiary/aromatic N) is 4. The van der Waals surface area contributed by atoms with Gasteiger partial charge in [-0.05, 0) is 30.2 Å². The third-order valence-electron chi connectivity index (χ3n) is 4.35. The number of H-pyrrole nitrogens is 1. The second kappa shape index (κ2) is 7.11. The fourth-order valence-electron chi connectivity index (χ4n) is 2.91.